The van der Waals surface area contributed by atoms with Gasteiger partial charge in [-0.05, 0) is 57.5 Å². The predicted molar refractivity (Wildman–Crippen MR) is 98.4 cm³/mol. The maximum Gasteiger partial charge on any atom is 0.185 e. The highest BCUT2D eigenvalue weighted by Gasteiger charge is 2.30. The topological polar surface area (TPSA) is 48.1 Å². The Labute approximate surface area is 148 Å². The quantitative estimate of drug-likeness (QED) is 0.924. The van der Waals surface area contributed by atoms with Gasteiger partial charge in [0.1, 0.15) is 0 Å². The number of aryl methyl sites for hydroxylation is 1. The molecule has 130 valence electrons. The van der Waals surface area contributed by atoms with Crippen LogP contribution in [0.1, 0.15) is 37.1 Å². The third-order valence-electron chi connectivity index (χ3n) is 5.84. The number of imidazole rings is 1. The molecule has 24 heavy (non-hydrogen) atoms. The SMILES string of the molecule is Cc1[nH]cnc1CN1CCC(C2CCN(c3nccs3)CC2)CC1. The molecule has 0 atom stereocenters. The molecule has 4 rings (SSSR count). The minimum atomic E-state index is 0.912. The summed E-state index contributed by atoms with van der Waals surface area (Å²) in [7, 11) is 0. The molecule has 0 bridgehead atoms. The zero-order valence-electron chi connectivity index (χ0n) is 14.4. The number of thiazole rings is 1. The Hall–Kier alpha value is -1.40. The molecule has 2 aromatic heterocycles. The van der Waals surface area contributed by atoms with Crippen LogP contribution in [0.4, 0.5) is 5.13 Å². The summed E-state index contributed by atoms with van der Waals surface area (Å²) in [6.07, 6.45) is 9.11. The normalized spacial score (nSPS) is 21.5. The molecule has 1 N–H and O–H groups in total. The summed E-state index contributed by atoms with van der Waals surface area (Å²) >= 11 is 1.77. The van der Waals surface area contributed by atoms with Gasteiger partial charge in [0.05, 0.1) is 12.0 Å². The van der Waals surface area contributed by atoms with Gasteiger partial charge in [-0.25, -0.2) is 9.97 Å². The van der Waals surface area contributed by atoms with Crippen molar-refractivity contribution in [1.29, 1.82) is 0 Å². The van der Waals surface area contributed by atoms with E-state index in [1.54, 1.807) is 11.3 Å². The lowest BCUT2D eigenvalue weighted by molar-refractivity contribution is 0.128. The first-order valence-electron chi connectivity index (χ1n) is 9.15. The van der Waals surface area contributed by atoms with Gasteiger partial charge in [-0.1, -0.05) is 0 Å². The van der Waals surface area contributed by atoms with Crippen molar-refractivity contribution >= 4 is 16.5 Å². The van der Waals surface area contributed by atoms with Crippen LogP contribution in [-0.4, -0.2) is 46.0 Å². The lowest BCUT2D eigenvalue weighted by Gasteiger charge is -2.40. The Kier molecular flexibility index (Phi) is 4.85. The number of aromatic amines is 1. The highest BCUT2D eigenvalue weighted by atomic mass is 32.1. The number of piperidine rings is 2. The van der Waals surface area contributed by atoms with Gasteiger partial charge in [-0.15, -0.1) is 11.3 Å². The number of anilines is 1. The van der Waals surface area contributed by atoms with Gasteiger partial charge in [-0.3, -0.25) is 4.90 Å². The maximum atomic E-state index is 4.46. The minimum Gasteiger partial charge on any atom is -0.348 e. The first kappa shape index (κ1) is 16.1. The summed E-state index contributed by atoms with van der Waals surface area (Å²) < 4.78 is 0. The molecule has 0 saturated carbocycles. The fraction of sp³-hybridized carbons (Fsp3) is 0.667. The lowest BCUT2D eigenvalue weighted by Crippen LogP contribution is -2.40. The molecular formula is C18H27N5S. The van der Waals surface area contributed by atoms with Crippen molar-refractivity contribution in [2.75, 3.05) is 31.1 Å². The number of nitrogens with zero attached hydrogens (tertiary/aromatic N) is 4. The van der Waals surface area contributed by atoms with Crippen molar-refractivity contribution < 1.29 is 0 Å². The summed E-state index contributed by atoms with van der Waals surface area (Å²) in [6.45, 7) is 7.94. The molecule has 2 fully saturated rings. The van der Waals surface area contributed by atoms with Crippen molar-refractivity contribution in [2.24, 2.45) is 11.8 Å². The molecule has 6 heteroatoms. The van der Waals surface area contributed by atoms with Gasteiger partial charge < -0.3 is 9.88 Å². The van der Waals surface area contributed by atoms with E-state index in [-0.39, 0.29) is 0 Å². The van der Waals surface area contributed by atoms with Gasteiger partial charge in [0.15, 0.2) is 5.13 Å². The molecule has 0 radical (unpaired) electrons. The number of rotatable bonds is 4. The molecule has 0 unspecified atom stereocenters. The second kappa shape index (κ2) is 7.23. The second-order valence-corrected chi connectivity index (χ2v) is 8.10. The number of H-pyrrole nitrogens is 1. The van der Waals surface area contributed by atoms with Crippen LogP contribution in [0.2, 0.25) is 0 Å². The van der Waals surface area contributed by atoms with Crippen molar-refractivity contribution in [3.05, 3.63) is 29.3 Å². The van der Waals surface area contributed by atoms with Gasteiger partial charge in [0.25, 0.3) is 0 Å². The summed E-state index contributed by atoms with van der Waals surface area (Å²) in [4.78, 5) is 17.1. The average Bonchev–Trinajstić information content (AvgIpc) is 3.29. The summed E-state index contributed by atoms with van der Waals surface area (Å²) in [5, 5.41) is 3.29. The minimum absolute atomic E-state index is 0.912. The molecule has 4 heterocycles. The van der Waals surface area contributed by atoms with Gasteiger partial charge in [0, 0.05) is 36.9 Å². The highest BCUT2D eigenvalue weighted by molar-refractivity contribution is 7.13. The smallest absolute Gasteiger partial charge is 0.185 e. The van der Waals surface area contributed by atoms with E-state index in [9.17, 15) is 0 Å². The Morgan fingerprint density at radius 1 is 1.08 bits per heavy atom. The van der Waals surface area contributed by atoms with Gasteiger partial charge >= 0.3 is 0 Å². The third kappa shape index (κ3) is 3.49. The Balaban J connectivity index is 1.24. The van der Waals surface area contributed by atoms with Crippen molar-refractivity contribution in [2.45, 2.75) is 39.2 Å². The summed E-state index contributed by atoms with van der Waals surface area (Å²) in [5.74, 6) is 1.83. The number of hydrogen-bond acceptors (Lipinski definition) is 5. The van der Waals surface area contributed by atoms with E-state index in [2.05, 4.69) is 37.1 Å². The van der Waals surface area contributed by atoms with Crippen LogP contribution >= 0.6 is 11.3 Å². The zero-order valence-corrected chi connectivity index (χ0v) is 15.3. The molecule has 0 spiro atoms. The van der Waals surface area contributed by atoms with Gasteiger partial charge in [0.2, 0.25) is 0 Å². The molecular weight excluding hydrogens is 318 g/mol. The van der Waals surface area contributed by atoms with E-state index >= 15 is 0 Å². The largest absolute Gasteiger partial charge is 0.348 e. The first-order valence-corrected chi connectivity index (χ1v) is 10.0. The summed E-state index contributed by atoms with van der Waals surface area (Å²) in [5.41, 5.74) is 2.43. The highest BCUT2D eigenvalue weighted by Crippen LogP contribution is 2.34. The maximum absolute atomic E-state index is 4.46. The van der Waals surface area contributed by atoms with E-state index in [0.717, 1.165) is 18.4 Å². The van der Waals surface area contributed by atoms with Crippen LogP contribution in [0.5, 0.6) is 0 Å². The molecule has 2 aliphatic rings. The Morgan fingerprint density at radius 2 is 1.79 bits per heavy atom. The number of hydrogen-bond donors (Lipinski definition) is 1. The van der Waals surface area contributed by atoms with E-state index in [1.807, 2.05) is 12.5 Å². The van der Waals surface area contributed by atoms with Gasteiger partial charge in [-0.2, -0.15) is 0 Å². The van der Waals surface area contributed by atoms with Crippen LogP contribution in [0.3, 0.4) is 0 Å². The standard InChI is InChI=1S/C18H27N5S/c1-14-17(21-13-20-14)12-22-7-2-15(3-8-22)16-4-9-23(10-5-16)18-19-6-11-24-18/h6,11,13,15-16H,2-5,7-10,12H2,1H3,(H,20,21). The van der Waals surface area contributed by atoms with Crippen molar-refractivity contribution in [3.8, 4) is 0 Å². The monoisotopic (exact) mass is 345 g/mol. The first-order chi connectivity index (χ1) is 11.8. The summed E-state index contributed by atoms with van der Waals surface area (Å²) in [6, 6.07) is 0. The number of likely N-dealkylation sites (tertiary alicyclic amines) is 1. The Morgan fingerprint density at radius 3 is 2.38 bits per heavy atom. The lowest BCUT2D eigenvalue weighted by atomic mass is 9.79. The predicted octanol–water partition coefficient (Wildman–Crippen LogP) is 3.30. The van der Waals surface area contributed by atoms with Crippen molar-refractivity contribution in [1.82, 2.24) is 19.9 Å². The van der Waals surface area contributed by atoms with Crippen molar-refractivity contribution in [3.63, 3.8) is 0 Å². The van der Waals surface area contributed by atoms with Crippen LogP contribution in [-0.2, 0) is 6.54 Å². The van der Waals surface area contributed by atoms with E-state index in [4.69, 9.17) is 0 Å². The molecule has 0 aliphatic carbocycles. The molecule has 2 saturated heterocycles. The van der Waals surface area contributed by atoms with Crippen LogP contribution in [0.25, 0.3) is 0 Å². The zero-order chi connectivity index (χ0) is 16.4. The number of nitrogens with one attached hydrogen (secondary N) is 1. The van der Waals surface area contributed by atoms with Crippen LogP contribution < -0.4 is 4.90 Å². The van der Waals surface area contributed by atoms with E-state index in [0.29, 0.717) is 0 Å². The van der Waals surface area contributed by atoms with E-state index < -0.39 is 0 Å². The second-order valence-electron chi connectivity index (χ2n) is 7.23. The molecule has 0 aromatic carbocycles. The fourth-order valence-corrected chi connectivity index (χ4v) is 4.97. The fourth-order valence-electron chi connectivity index (χ4n) is 4.28. The molecule has 2 aromatic rings. The molecule has 0 amide bonds. The van der Waals surface area contributed by atoms with E-state index in [1.165, 1.54) is 68.4 Å². The average molecular weight is 346 g/mol. The molecule has 2 aliphatic heterocycles. The van der Waals surface area contributed by atoms with Crippen LogP contribution in [0.15, 0.2) is 17.9 Å². The molecule has 5 nitrogen and oxygen atoms in total. The Bertz CT molecular complexity index is 622. The third-order valence-corrected chi connectivity index (χ3v) is 6.67. The van der Waals surface area contributed by atoms with Crippen LogP contribution in [0, 0.1) is 18.8 Å². The number of aromatic nitrogens is 3.